The minimum Gasteiger partial charge on any atom is -0.454 e. The van der Waals surface area contributed by atoms with E-state index >= 15 is 0 Å². The Morgan fingerprint density at radius 2 is 0.889 bits per heavy atom. The molecule has 0 saturated carbocycles. The van der Waals surface area contributed by atoms with Gasteiger partial charge < -0.3 is 28.6 Å². The average Bonchev–Trinajstić information content (AvgIpc) is 1.64. The summed E-state index contributed by atoms with van der Waals surface area (Å²) < 4.78 is 401. The van der Waals surface area contributed by atoms with E-state index in [-0.39, 0.29) is 11.1 Å². The van der Waals surface area contributed by atoms with Crippen LogP contribution < -0.4 is 36.0 Å². The Morgan fingerprint density at radius 1 is 0.383 bits per heavy atom. The molecule has 5 heterocycles. The number of fused-ring (bicyclic) bond motifs is 12. The predicted molar refractivity (Wildman–Crippen MR) is 342 cm³/mol. The first-order chi connectivity index (χ1) is 56.2. The molecule has 0 bridgehead atoms. The Morgan fingerprint density at radius 3 is 1.56 bits per heavy atom. The lowest BCUT2D eigenvalue weighted by Gasteiger charge is -2.46. The minimum atomic E-state index is -2.48. The third-order valence-electron chi connectivity index (χ3n) is 14.2. The molecule has 81 heavy (non-hydrogen) atoms. The maximum Gasteiger partial charge on any atom is 0.252 e. The van der Waals surface area contributed by atoms with E-state index in [9.17, 15) is 46.6 Å². The Labute approximate surface area is 529 Å². The monoisotopic (exact) mass is 1080 g/mol. The molecule has 0 spiro atoms. The van der Waals surface area contributed by atoms with Crippen LogP contribution in [0.3, 0.4) is 0 Å². The van der Waals surface area contributed by atoms with Gasteiger partial charge in [-0.05, 0) is 141 Å². The maximum absolute atomic E-state index is 11.5. The third-order valence-corrected chi connectivity index (χ3v) is 14.2. The third kappa shape index (κ3) is 7.07. The SMILES string of the molecule is [2H]c1c([2H])c([2H])c(N(c2c([2H])c([2H])c([2H])c([2H])c2[2H])c2c([2H])c3c4c(c2[2H])N2c5c(c([2H])c([2H])c([2H])c5-n5c6c([2H])c([2H])c([2H])c([2H])c6c6c([2H])c([2H])c([2H])c2c65)B4c2c([2H])c([2H])c(N(c4c([2H])c([2H])c(C(C)(C)C)c([2H])c4[2H])c4c([2H])c([2H])c(C(C)(C)C)c([2H])c4[2H])c([2H])c2N3c2c([2H])c([2H])c([2H])c3c2oc2c([2H])c([2H])c([2H])c([2H])c23)c([2H])c1[2H]. The molecule has 7 heteroatoms. The average molecular weight is 1080 g/mol. The van der Waals surface area contributed by atoms with Crippen molar-refractivity contribution in [3.05, 3.63) is 253 Å². The van der Waals surface area contributed by atoms with E-state index in [1.165, 1.54) is 41.5 Å². The normalized spacial score (nSPS) is 20.1. The maximum atomic E-state index is 11.5. The van der Waals surface area contributed by atoms with Crippen molar-refractivity contribution in [2.75, 3.05) is 19.6 Å². The van der Waals surface area contributed by atoms with E-state index in [0.717, 1.165) is 9.47 Å². The highest BCUT2D eigenvalue weighted by Crippen LogP contribution is 2.55. The second-order valence-corrected chi connectivity index (χ2v) is 21.1. The van der Waals surface area contributed by atoms with Gasteiger partial charge in [-0.15, -0.1) is 0 Å². The van der Waals surface area contributed by atoms with Crippen molar-refractivity contribution in [1.82, 2.24) is 4.57 Å². The zero-order chi connectivity index (χ0) is 89.3. The molecular formula is C74H58BN5O. The molecule has 16 rings (SSSR count). The molecule has 3 aliphatic heterocycles. The smallest absolute Gasteiger partial charge is 0.252 e. The summed E-state index contributed by atoms with van der Waals surface area (Å²) in [6.45, 7) is 6.71. The van der Waals surface area contributed by atoms with Crippen molar-refractivity contribution in [3.63, 3.8) is 0 Å². The highest BCUT2D eigenvalue weighted by molar-refractivity contribution is 7.00. The molecule has 11 aromatic carbocycles. The first-order valence-corrected chi connectivity index (χ1v) is 25.1. The Hall–Kier alpha value is -9.72. The molecule has 0 saturated heterocycles. The van der Waals surface area contributed by atoms with E-state index < -0.39 is 393 Å². The highest BCUT2D eigenvalue weighted by atomic mass is 16.3. The topological polar surface area (TPSA) is 31.0 Å². The predicted octanol–water partition coefficient (Wildman–Crippen LogP) is 18.6. The van der Waals surface area contributed by atoms with Crippen LogP contribution in [0.5, 0.6) is 0 Å². The fraction of sp³-hybridized carbons (Fsp3) is 0.108. The molecule has 0 N–H and O–H groups in total. The van der Waals surface area contributed by atoms with Crippen LogP contribution >= 0.6 is 0 Å². The fourth-order valence-electron chi connectivity index (χ4n) is 10.6. The lowest BCUT2D eigenvalue weighted by Crippen LogP contribution is -2.61. The molecule has 6 nitrogen and oxygen atoms in total. The van der Waals surface area contributed by atoms with E-state index in [1.807, 2.05) is 0 Å². The molecule has 0 aliphatic carbocycles. The van der Waals surface area contributed by atoms with E-state index in [1.54, 1.807) is 0 Å². The number of hydrogen-bond donors (Lipinski definition) is 0. The van der Waals surface area contributed by atoms with Crippen LogP contribution in [0, 0.1) is 0 Å². The largest absolute Gasteiger partial charge is 0.454 e. The summed E-state index contributed by atoms with van der Waals surface area (Å²) in [6.07, 6.45) is 0. The highest BCUT2D eigenvalue weighted by Gasteiger charge is 2.47. The quantitative estimate of drug-likeness (QED) is 0.148. The number of anilines is 12. The Bertz CT molecular complexity index is 6900. The van der Waals surface area contributed by atoms with Gasteiger partial charge in [0.25, 0.3) is 6.71 Å². The summed E-state index contributed by atoms with van der Waals surface area (Å²) in [7, 11) is 0. The molecule has 0 radical (unpaired) electrons. The number of benzene rings is 11. The number of hydrogen-bond acceptors (Lipinski definition) is 5. The van der Waals surface area contributed by atoms with Crippen LogP contribution in [0.4, 0.5) is 68.2 Å². The summed E-state index contributed by atoms with van der Waals surface area (Å²) in [5.74, 6) is 0. The van der Waals surface area contributed by atoms with E-state index in [2.05, 4.69) is 0 Å². The van der Waals surface area contributed by atoms with Gasteiger partial charge >= 0.3 is 0 Å². The van der Waals surface area contributed by atoms with E-state index in [4.69, 9.17) is 12.6 Å². The number of aromatic nitrogens is 1. The second kappa shape index (κ2) is 17.4. The lowest BCUT2D eigenvalue weighted by atomic mass is 9.33. The van der Waals surface area contributed by atoms with Crippen LogP contribution in [0.15, 0.2) is 246 Å². The van der Waals surface area contributed by atoms with Gasteiger partial charge in [0.1, 0.15) is 5.58 Å². The van der Waals surface area contributed by atoms with Crippen LogP contribution in [-0.2, 0) is 10.8 Å². The summed E-state index contributed by atoms with van der Waals surface area (Å²) in [5, 5.41) is -2.65. The van der Waals surface area contributed by atoms with Gasteiger partial charge in [-0.3, -0.25) is 0 Å². The number of rotatable bonds is 7. The standard InChI is InChI=1S/C74H58BN5O/c1-73(2,3)47-34-38-51(39-35-47)76(52-40-36-48(37-41-52)74(4,5)6)53-42-43-59-65(44-53)78(64-32-18-27-58-56-25-14-16-33-68(56)81-72(58)64)66-45-54(77(49-20-9-7-10-21-49)50-22-11-8-12-23-50)46-67-69(66)75(59)60-28-19-31-63-71(60)80(67)62-30-17-26-57-55-24-13-15-29-61(55)79(63)70(57)62/h7-46H,1-6H3/i7D,8D,9D,10D,11D,12D,13D,14D,15D,16D,17D,18D,19D,20D,21D,22D,23D,24D,25D,26D,27D,28D,29D,30D,31D,32D,33D,34D,35D,36D,37D,38D,39D,40D,41D,42D,43D,44D,45D,46D. The summed E-state index contributed by atoms with van der Waals surface area (Å²) in [5.41, 5.74) is -22.8. The number of nitrogens with zero attached hydrogens (tertiary/aromatic N) is 5. The van der Waals surface area contributed by atoms with Gasteiger partial charge in [0.05, 0.1) is 94.3 Å². The molecule has 0 fully saturated rings. The van der Waals surface area contributed by atoms with Crippen molar-refractivity contribution in [3.8, 4) is 5.69 Å². The first kappa shape index (κ1) is 22.1. The van der Waals surface area contributed by atoms with Crippen molar-refractivity contribution in [2.45, 2.75) is 52.4 Å². The van der Waals surface area contributed by atoms with Gasteiger partial charge in [0.15, 0.2) is 5.58 Å². The molecule has 2 aromatic heterocycles. The minimum absolute atomic E-state index is 0.268. The van der Waals surface area contributed by atoms with Crippen LogP contribution in [0.25, 0.3) is 49.4 Å². The van der Waals surface area contributed by atoms with Gasteiger partial charge in [-0.2, -0.15) is 0 Å². The summed E-state index contributed by atoms with van der Waals surface area (Å²) >= 11 is 0. The van der Waals surface area contributed by atoms with Gasteiger partial charge in [0, 0.05) is 67.0 Å². The van der Waals surface area contributed by atoms with Gasteiger partial charge in [0.2, 0.25) is 0 Å². The zero-order valence-electron chi connectivity index (χ0n) is 83.2. The number of furan rings is 1. The molecule has 0 unspecified atom stereocenters. The Kier molecular flexibility index (Phi) is 4.74. The van der Waals surface area contributed by atoms with Crippen molar-refractivity contribution >= 4 is 135 Å². The molecule has 0 atom stereocenters. The molecule has 3 aliphatic rings. The fourth-order valence-corrected chi connectivity index (χ4v) is 10.6. The van der Waals surface area contributed by atoms with Crippen molar-refractivity contribution < 1.29 is 59.2 Å². The van der Waals surface area contributed by atoms with Crippen LogP contribution in [0.2, 0.25) is 0 Å². The molecule has 13 aromatic rings. The van der Waals surface area contributed by atoms with Gasteiger partial charge in [-0.25, -0.2) is 0 Å². The molecular weight excluding hydrogens is 986 g/mol. The van der Waals surface area contributed by atoms with E-state index in [0.29, 0.717) is 14.7 Å². The molecule has 0 amide bonds. The van der Waals surface area contributed by atoms with Crippen molar-refractivity contribution in [2.24, 2.45) is 0 Å². The lowest BCUT2D eigenvalue weighted by molar-refractivity contribution is 0.590. The van der Waals surface area contributed by atoms with Gasteiger partial charge in [-0.1, -0.05) is 181 Å². The van der Waals surface area contributed by atoms with Crippen LogP contribution in [0.1, 0.15) is 107 Å². The molecule has 388 valence electrons. The second-order valence-electron chi connectivity index (χ2n) is 21.1. The summed E-state index contributed by atoms with van der Waals surface area (Å²) in [4.78, 5) is 2.16. The summed E-state index contributed by atoms with van der Waals surface area (Å²) in [6, 6.07) is -44.6. The van der Waals surface area contributed by atoms with Crippen molar-refractivity contribution in [1.29, 1.82) is 0 Å². The number of para-hydroxylation sites is 7. The van der Waals surface area contributed by atoms with Crippen LogP contribution in [-0.4, -0.2) is 11.3 Å². The first-order valence-electron chi connectivity index (χ1n) is 45.1. The zero-order valence-corrected chi connectivity index (χ0v) is 43.2. The Balaban J connectivity index is 1.26.